The van der Waals surface area contributed by atoms with Crippen LogP contribution in [-0.4, -0.2) is 18.6 Å². The third kappa shape index (κ3) is 3.49. The van der Waals surface area contributed by atoms with Crippen molar-refractivity contribution in [3.05, 3.63) is 72.3 Å². The van der Waals surface area contributed by atoms with Crippen molar-refractivity contribution in [3.8, 4) is 0 Å². The number of rotatable bonds is 4. The second-order valence-electron chi connectivity index (χ2n) is 5.23. The van der Waals surface area contributed by atoms with Crippen LogP contribution in [0.4, 0.5) is 5.69 Å². The summed E-state index contributed by atoms with van der Waals surface area (Å²) in [6.45, 7) is 1.01. The Balaban J connectivity index is 1.53. The maximum Gasteiger partial charge on any atom is 0.0404 e. The summed E-state index contributed by atoms with van der Waals surface area (Å²) in [5.74, 6) is 0. The summed E-state index contributed by atoms with van der Waals surface area (Å²) in [4.78, 5) is 0. The van der Waals surface area contributed by atoms with Crippen molar-refractivity contribution in [1.82, 2.24) is 5.32 Å². The van der Waals surface area contributed by atoms with E-state index in [-0.39, 0.29) is 0 Å². The van der Waals surface area contributed by atoms with Crippen molar-refractivity contribution >= 4 is 11.8 Å². The van der Waals surface area contributed by atoms with E-state index in [1.54, 1.807) is 0 Å². The molecule has 1 heterocycles. The second-order valence-corrected chi connectivity index (χ2v) is 5.23. The molecule has 1 saturated heterocycles. The lowest BCUT2D eigenvalue weighted by Crippen LogP contribution is -2.22. The monoisotopic (exact) mass is 264 g/mol. The van der Waals surface area contributed by atoms with Crippen LogP contribution in [0.25, 0.3) is 6.08 Å². The van der Waals surface area contributed by atoms with Crippen LogP contribution in [0.15, 0.2) is 66.7 Å². The number of para-hydroxylation sites is 1. The van der Waals surface area contributed by atoms with Gasteiger partial charge in [-0.1, -0.05) is 60.7 Å². The van der Waals surface area contributed by atoms with E-state index in [9.17, 15) is 0 Å². The van der Waals surface area contributed by atoms with Gasteiger partial charge in [-0.25, -0.2) is 0 Å². The molecule has 0 aliphatic carbocycles. The third-order valence-corrected chi connectivity index (χ3v) is 3.63. The number of benzene rings is 2. The van der Waals surface area contributed by atoms with Gasteiger partial charge in [0.1, 0.15) is 0 Å². The van der Waals surface area contributed by atoms with E-state index in [1.807, 2.05) is 12.1 Å². The molecule has 0 radical (unpaired) electrons. The quantitative estimate of drug-likeness (QED) is 0.882. The third-order valence-electron chi connectivity index (χ3n) is 3.63. The molecule has 0 amide bonds. The van der Waals surface area contributed by atoms with Crippen LogP contribution in [0, 0.1) is 0 Å². The normalized spacial score (nSPS) is 22.2. The highest BCUT2D eigenvalue weighted by atomic mass is 15.0. The fourth-order valence-corrected chi connectivity index (χ4v) is 2.58. The van der Waals surface area contributed by atoms with Gasteiger partial charge in [0, 0.05) is 24.3 Å². The summed E-state index contributed by atoms with van der Waals surface area (Å²) in [6, 6.07) is 21.8. The molecule has 0 bridgehead atoms. The van der Waals surface area contributed by atoms with Crippen molar-refractivity contribution in [3.63, 3.8) is 0 Å². The lowest BCUT2D eigenvalue weighted by molar-refractivity contribution is 0.727. The topological polar surface area (TPSA) is 24.1 Å². The van der Waals surface area contributed by atoms with Crippen LogP contribution < -0.4 is 10.6 Å². The minimum atomic E-state index is 0.455. The molecule has 102 valence electrons. The Hall–Kier alpha value is -2.06. The van der Waals surface area contributed by atoms with Gasteiger partial charge in [0.25, 0.3) is 0 Å². The Morgan fingerprint density at radius 3 is 2.40 bits per heavy atom. The average molecular weight is 264 g/mol. The Labute approximate surface area is 120 Å². The van der Waals surface area contributed by atoms with Crippen molar-refractivity contribution < 1.29 is 0 Å². The van der Waals surface area contributed by atoms with E-state index in [0.29, 0.717) is 12.1 Å². The Morgan fingerprint density at radius 2 is 1.65 bits per heavy atom. The molecule has 2 aromatic rings. The molecule has 2 atom stereocenters. The molecule has 1 aliphatic heterocycles. The first-order valence-electron chi connectivity index (χ1n) is 7.18. The van der Waals surface area contributed by atoms with Crippen LogP contribution in [0.3, 0.4) is 0 Å². The molecule has 1 fully saturated rings. The minimum absolute atomic E-state index is 0.455. The highest BCUT2D eigenvalue weighted by Gasteiger charge is 2.21. The summed E-state index contributed by atoms with van der Waals surface area (Å²) in [6.07, 6.45) is 5.59. The number of hydrogen-bond donors (Lipinski definition) is 2. The minimum Gasteiger partial charge on any atom is -0.381 e. The van der Waals surface area contributed by atoms with Gasteiger partial charge in [0.15, 0.2) is 0 Å². The highest BCUT2D eigenvalue weighted by molar-refractivity contribution is 5.50. The molecule has 2 N–H and O–H groups in total. The summed E-state index contributed by atoms with van der Waals surface area (Å²) < 4.78 is 0. The molecule has 0 aromatic heterocycles. The van der Waals surface area contributed by atoms with Gasteiger partial charge in [0.05, 0.1) is 0 Å². The molecule has 0 spiro atoms. The predicted molar refractivity (Wildman–Crippen MR) is 85.7 cm³/mol. The zero-order chi connectivity index (χ0) is 13.6. The molecule has 2 aromatic carbocycles. The molecule has 1 aliphatic rings. The highest BCUT2D eigenvalue weighted by Crippen LogP contribution is 2.15. The summed E-state index contributed by atoms with van der Waals surface area (Å²) in [5.41, 5.74) is 2.46. The van der Waals surface area contributed by atoms with Gasteiger partial charge in [-0.2, -0.15) is 0 Å². The molecular weight excluding hydrogens is 244 g/mol. The fraction of sp³-hybridized carbons (Fsp3) is 0.222. The Bertz CT molecular complexity index is 548. The Kier molecular flexibility index (Phi) is 4.14. The van der Waals surface area contributed by atoms with E-state index in [0.717, 1.165) is 13.0 Å². The van der Waals surface area contributed by atoms with E-state index >= 15 is 0 Å². The van der Waals surface area contributed by atoms with Crippen LogP contribution >= 0.6 is 0 Å². The molecule has 3 rings (SSSR count). The van der Waals surface area contributed by atoms with Crippen molar-refractivity contribution in [2.24, 2.45) is 0 Å². The van der Waals surface area contributed by atoms with Crippen molar-refractivity contribution in [2.75, 3.05) is 11.9 Å². The molecule has 20 heavy (non-hydrogen) atoms. The summed E-state index contributed by atoms with van der Waals surface area (Å²) in [5, 5.41) is 7.12. The van der Waals surface area contributed by atoms with Gasteiger partial charge in [-0.05, 0) is 24.1 Å². The summed E-state index contributed by atoms with van der Waals surface area (Å²) >= 11 is 0. The Morgan fingerprint density at radius 1 is 0.950 bits per heavy atom. The smallest absolute Gasteiger partial charge is 0.0404 e. The zero-order valence-corrected chi connectivity index (χ0v) is 11.5. The maximum absolute atomic E-state index is 3.57. The van der Waals surface area contributed by atoms with E-state index in [1.165, 1.54) is 11.3 Å². The van der Waals surface area contributed by atoms with Crippen LogP contribution in [0.5, 0.6) is 0 Å². The number of hydrogen-bond acceptors (Lipinski definition) is 2. The first kappa shape index (κ1) is 12.9. The second kappa shape index (κ2) is 6.40. The van der Waals surface area contributed by atoms with Crippen LogP contribution in [0.2, 0.25) is 0 Å². The molecule has 2 heteroatoms. The SMILES string of the molecule is C(=CC1CC(Nc2ccccc2)CN1)c1ccccc1. The molecule has 0 saturated carbocycles. The van der Waals surface area contributed by atoms with Gasteiger partial charge >= 0.3 is 0 Å². The average Bonchev–Trinajstić information content (AvgIpc) is 2.95. The first-order chi connectivity index (χ1) is 9.90. The molecular formula is C18H20N2. The lowest BCUT2D eigenvalue weighted by atomic mass is 10.1. The van der Waals surface area contributed by atoms with E-state index in [2.05, 4.69) is 71.3 Å². The fourth-order valence-electron chi connectivity index (χ4n) is 2.58. The molecule has 2 nitrogen and oxygen atoms in total. The number of anilines is 1. The van der Waals surface area contributed by atoms with Gasteiger partial charge in [-0.3, -0.25) is 0 Å². The van der Waals surface area contributed by atoms with Gasteiger partial charge < -0.3 is 10.6 Å². The number of nitrogens with one attached hydrogen (secondary N) is 2. The summed E-state index contributed by atoms with van der Waals surface area (Å²) in [7, 11) is 0. The maximum atomic E-state index is 3.57. The standard InChI is InChI=1S/C18H20N2/c1-3-7-15(8-4-1)11-12-17-13-18(14-19-17)20-16-9-5-2-6-10-16/h1-12,17-20H,13-14H2. The van der Waals surface area contributed by atoms with E-state index < -0.39 is 0 Å². The van der Waals surface area contributed by atoms with E-state index in [4.69, 9.17) is 0 Å². The zero-order valence-electron chi connectivity index (χ0n) is 11.5. The van der Waals surface area contributed by atoms with Crippen LogP contribution in [-0.2, 0) is 0 Å². The van der Waals surface area contributed by atoms with Crippen molar-refractivity contribution in [2.45, 2.75) is 18.5 Å². The van der Waals surface area contributed by atoms with Crippen LogP contribution in [0.1, 0.15) is 12.0 Å². The predicted octanol–water partition coefficient (Wildman–Crippen LogP) is 3.54. The van der Waals surface area contributed by atoms with Gasteiger partial charge in [0.2, 0.25) is 0 Å². The largest absolute Gasteiger partial charge is 0.381 e. The van der Waals surface area contributed by atoms with Crippen molar-refractivity contribution in [1.29, 1.82) is 0 Å². The molecule has 2 unspecified atom stereocenters. The van der Waals surface area contributed by atoms with Gasteiger partial charge in [-0.15, -0.1) is 0 Å². The lowest BCUT2D eigenvalue weighted by Gasteiger charge is -2.12. The first-order valence-corrected chi connectivity index (χ1v) is 7.18.